The standard InChI is InChI=1S/C12H20N2O2S/c1-5-16-11(15)9-8-17-10(14-9)6-7-13-12(2,3)4/h8,13H,5-7H2,1-4H3. The van der Waals surface area contributed by atoms with Crippen LogP contribution < -0.4 is 5.32 Å². The average Bonchev–Trinajstić information content (AvgIpc) is 2.65. The SMILES string of the molecule is CCOC(=O)c1csc(CCNC(C)(C)C)n1. The Kier molecular flexibility index (Phi) is 5.08. The van der Waals surface area contributed by atoms with Crippen LogP contribution in [0.15, 0.2) is 5.38 Å². The van der Waals surface area contributed by atoms with Crippen molar-refractivity contribution in [3.63, 3.8) is 0 Å². The number of carbonyl (C=O) groups excluding carboxylic acids is 1. The van der Waals surface area contributed by atoms with Gasteiger partial charge in [0.2, 0.25) is 0 Å². The summed E-state index contributed by atoms with van der Waals surface area (Å²) in [4.78, 5) is 15.6. The van der Waals surface area contributed by atoms with Gasteiger partial charge in [0.15, 0.2) is 5.69 Å². The van der Waals surface area contributed by atoms with Gasteiger partial charge in [-0.15, -0.1) is 11.3 Å². The quantitative estimate of drug-likeness (QED) is 0.821. The minimum absolute atomic E-state index is 0.112. The molecule has 0 radical (unpaired) electrons. The van der Waals surface area contributed by atoms with Gasteiger partial charge in [0, 0.05) is 23.9 Å². The summed E-state index contributed by atoms with van der Waals surface area (Å²) in [5.41, 5.74) is 0.531. The minimum atomic E-state index is -0.334. The van der Waals surface area contributed by atoms with Crippen LogP contribution in [0.1, 0.15) is 43.2 Å². The van der Waals surface area contributed by atoms with Gasteiger partial charge < -0.3 is 10.1 Å². The van der Waals surface area contributed by atoms with Crippen molar-refractivity contribution in [3.05, 3.63) is 16.1 Å². The van der Waals surface area contributed by atoms with Crippen LogP contribution in [-0.2, 0) is 11.2 Å². The fourth-order valence-electron chi connectivity index (χ4n) is 1.27. The number of thiazole rings is 1. The summed E-state index contributed by atoms with van der Waals surface area (Å²) in [6.45, 7) is 9.41. The lowest BCUT2D eigenvalue weighted by molar-refractivity contribution is 0.0520. The second-order valence-electron chi connectivity index (χ2n) is 4.77. The van der Waals surface area contributed by atoms with E-state index in [0.29, 0.717) is 12.3 Å². The molecule has 4 nitrogen and oxygen atoms in total. The molecule has 0 aromatic carbocycles. The topological polar surface area (TPSA) is 51.2 Å². The molecule has 1 N–H and O–H groups in total. The van der Waals surface area contributed by atoms with Gasteiger partial charge in [-0.3, -0.25) is 0 Å². The Hall–Kier alpha value is -0.940. The molecule has 0 saturated heterocycles. The Morgan fingerprint density at radius 3 is 2.82 bits per heavy atom. The summed E-state index contributed by atoms with van der Waals surface area (Å²) in [5, 5.41) is 6.10. The average molecular weight is 256 g/mol. The largest absolute Gasteiger partial charge is 0.461 e. The molecule has 0 unspecified atom stereocenters. The molecule has 0 bridgehead atoms. The number of rotatable bonds is 5. The van der Waals surface area contributed by atoms with Crippen LogP contribution in [0.5, 0.6) is 0 Å². The smallest absolute Gasteiger partial charge is 0.357 e. The maximum absolute atomic E-state index is 11.4. The molecule has 1 aromatic heterocycles. The molecular weight excluding hydrogens is 236 g/mol. The zero-order valence-corrected chi connectivity index (χ0v) is 11.7. The summed E-state index contributed by atoms with van der Waals surface area (Å²) in [7, 11) is 0. The maximum Gasteiger partial charge on any atom is 0.357 e. The molecule has 5 heteroatoms. The Morgan fingerprint density at radius 2 is 2.24 bits per heavy atom. The molecule has 0 aliphatic heterocycles. The summed E-state index contributed by atoms with van der Waals surface area (Å²) in [6.07, 6.45) is 0.835. The highest BCUT2D eigenvalue weighted by atomic mass is 32.1. The first-order chi connectivity index (χ1) is 7.92. The zero-order valence-electron chi connectivity index (χ0n) is 10.9. The lowest BCUT2D eigenvalue weighted by Crippen LogP contribution is -2.37. The van der Waals surface area contributed by atoms with Gasteiger partial charge in [-0.1, -0.05) is 0 Å². The van der Waals surface area contributed by atoms with E-state index in [9.17, 15) is 4.79 Å². The molecule has 0 aliphatic rings. The van der Waals surface area contributed by atoms with E-state index in [4.69, 9.17) is 4.74 Å². The summed E-state index contributed by atoms with van der Waals surface area (Å²) >= 11 is 1.50. The number of ether oxygens (including phenoxy) is 1. The number of nitrogens with one attached hydrogen (secondary N) is 1. The second kappa shape index (κ2) is 6.12. The summed E-state index contributed by atoms with van der Waals surface area (Å²) in [6, 6.07) is 0. The minimum Gasteiger partial charge on any atom is -0.461 e. The van der Waals surface area contributed by atoms with Crippen molar-refractivity contribution in [2.75, 3.05) is 13.2 Å². The molecule has 0 aliphatic carbocycles. The summed E-state index contributed by atoms with van der Waals surface area (Å²) in [5.74, 6) is -0.334. The van der Waals surface area contributed by atoms with E-state index in [-0.39, 0.29) is 11.5 Å². The highest BCUT2D eigenvalue weighted by molar-refractivity contribution is 7.09. The second-order valence-corrected chi connectivity index (χ2v) is 5.72. The number of carbonyl (C=O) groups is 1. The third-order valence-electron chi connectivity index (χ3n) is 2.03. The predicted molar refractivity (Wildman–Crippen MR) is 69.5 cm³/mol. The van der Waals surface area contributed by atoms with E-state index in [0.717, 1.165) is 18.0 Å². The number of hydrogen-bond acceptors (Lipinski definition) is 5. The molecule has 0 fully saturated rings. The number of esters is 1. The fraction of sp³-hybridized carbons (Fsp3) is 0.667. The fourth-order valence-corrected chi connectivity index (χ4v) is 2.04. The summed E-state index contributed by atoms with van der Waals surface area (Å²) < 4.78 is 4.89. The molecule has 1 aromatic rings. The van der Waals surface area contributed by atoms with E-state index in [1.165, 1.54) is 11.3 Å². The molecule has 0 amide bonds. The zero-order chi connectivity index (χ0) is 12.9. The van der Waals surface area contributed by atoms with Crippen molar-refractivity contribution in [1.29, 1.82) is 0 Å². The van der Waals surface area contributed by atoms with Crippen LogP contribution in [0.4, 0.5) is 0 Å². The first kappa shape index (κ1) is 14.1. The Bertz CT molecular complexity index is 369. The number of hydrogen-bond donors (Lipinski definition) is 1. The third-order valence-corrected chi connectivity index (χ3v) is 2.94. The van der Waals surface area contributed by atoms with Crippen molar-refractivity contribution < 1.29 is 9.53 Å². The maximum atomic E-state index is 11.4. The van der Waals surface area contributed by atoms with Crippen molar-refractivity contribution in [2.24, 2.45) is 0 Å². The van der Waals surface area contributed by atoms with Gasteiger partial charge >= 0.3 is 5.97 Å². The van der Waals surface area contributed by atoms with Crippen LogP contribution in [0.2, 0.25) is 0 Å². The van der Waals surface area contributed by atoms with Gasteiger partial charge in [0.05, 0.1) is 11.6 Å². The third kappa shape index (κ3) is 5.28. The van der Waals surface area contributed by atoms with Crippen LogP contribution in [0.3, 0.4) is 0 Å². The Balaban J connectivity index is 2.43. The lowest BCUT2D eigenvalue weighted by Gasteiger charge is -2.19. The Morgan fingerprint density at radius 1 is 1.53 bits per heavy atom. The van der Waals surface area contributed by atoms with Crippen LogP contribution in [0, 0.1) is 0 Å². The first-order valence-electron chi connectivity index (χ1n) is 5.79. The normalized spacial score (nSPS) is 11.5. The van der Waals surface area contributed by atoms with E-state index in [1.54, 1.807) is 12.3 Å². The number of nitrogens with zero attached hydrogens (tertiary/aromatic N) is 1. The first-order valence-corrected chi connectivity index (χ1v) is 6.67. The van der Waals surface area contributed by atoms with E-state index in [1.807, 2.05) is 0 Å². The number of aromatic nitrogens is 1. The van der Waals surface area contributed by atoms with Gasteiger partial charge in [0.1, 0.15) is 0 Å². The van der Waals surface area contributed by atoms with E-state index >= 15 is 0 Å². The molecule has 1 heterocycles. The highest BCUT2D eigenvalue weighted by Gasteiger charge is 2.12. The molecule has 96 valence electrons. The van der Waals surface area contributed by atoms with Gasteiger partial charge in [-0.25, -0.2) is 9.78 Å². The van der Waals surface area contributed by atoms with Crippen molar-refractivity contribution >= 4 is 17.3 Å². The molecular formula is C12H20N2O2S. The van der Waals surface area contributed by atoms with Crippen molar-refractivity contribution in [1.82, 2.24) is 10.3 Å². The van der Waals surface area contributed by atoms with Crippen LogP contribution in [-0.4, -0.2) is 29.6 Å². The molecule has 0 atom stereocenters. The van der Waals surface area contributed by atoms with Crippen LogP contribution in [0.25, 0.3) is 0 Å². The predicted octanol–water partition coefficient (Wildman–Crippen LogP) is 2.25. The van der Waals surface area contributed by atoms with Crippen LogP contribution >= 0.6 is 11.3 Å². The van der Waals surface area contributed by atoms with Crippen molar-refractivity contribution in [2.45, 2.75) is 39.7 Å². The van der Waals surface area contributed by atoms with Crippen molar-refractivity contribution in [3.8, 4) is 0 Å². The van der Waals surface area contributed by atoms with E-state index in [2.05, 4.69) is 31.1 Å². The highest BCUT2D eigenvalue weighted by Crippen LogP contribution is 2.11. The lowest BCUT2D eigenvalue weighted by atomic mass is 10.1. The molecule has 0 spiro atoms. The van der Waals surface area contributed by atoms with Gasteiger partial charge in [-0.2, -0.15) is 0 Å². The molecule has 17 heavy (non-hydrogen) atoms. The van der Waals surface area contributed by atoms with E-state index < -0.39 is 0 Å². The monoisotopic (exact) mass is 256 g/mol. The molecule has 0 saturated carbocycles. The Labute approximate surface area is 106 Å². The molecule has 1 rings (SSSR count). The van der Waals surface area contributed by atoms with Gasteiger partial charge in [0.25, 0.3) is 0 Å². The van der Waals surface area contributed by atoms with Gasteiger partial charge in [-0.05, 0) is 27.7 Å².